The highest BCUT2D eigenvalue weighted by Crippen LogP contribution is 2.41. The SMILES string of the molecule is Cl.Clc1ccc(-c2cc([C@H]3C[C@@H]4CC[C@H]3N4)cnc2Cl)cc1. The van der Waals surface area contributed by atoms with Gasteiger partial charge in [-0.2, -0.15) is 0 Å². The molecule has 2 aromatic rings. The van der Waals surface area contributed by atoms with Crippen molar-refractivity contribution in [1.82, 2.24) is 10.3 Å². The Bertz CT molecular complexity index is 672. The number of pyridine rings is 1. The average molecular weight is 356 g/mol. The summed E-state index contributed by atoms with van der Waals surface area (Å²) in [6.45, 7) is 0. The van der Waals surface area contributed by atoms with Crippen LogP contribution in [0.15, 0.2) is 36.5 Å². The number of halogens is 3. The van der Waals surface area contributed by atoms with E-state index < -0.39 is 0 Å². The third kappa shape index (κ3) is 2.85. The first-order valence-corrected chi connectivity index (χ1v) is 8.14. The largest absolute Gasteiger partial charge is 0.311 e. The summed E-state index contributed by atoms with van der Waals surface area (Å²) in [6, 6.07) is 11.3. The lowest BCUT2D eigenvalue weighted by molar-refractivity contribution is 0.505. The first kappa shape index (κ1) is 16.1. The predicted octanol–water partition coefficient (Wildman–Crippen LogP) is 5.09. The molecule has 3 atom stereocenters. The highest BCUT2D eigenvalue weighted by atomic mass is 35.5. The van der Waals surface area contributed by atoms with Gasteiger partial charge in [0.25, 0.3) is 0 Å². The highest BCUT2D eigenvalue weighted by Gasteiger charge is 2.39. The second kappa shape index (κ2) is 6.37. The molecule has 0 spiro atoms. The normalized spacial score (nSPS) is 26.0. The van der Waals surface area contributed by atoms with Gasteiger partial charge in [0.1, 0.15) is 5.15 Å². The molecule has 2 nitrogen and oxygen atoms in total. The maximum Gasteiger partial charge on any atom is 0.136 e. The van der Waals surface area contributed by atoms with Gasteiger partial charge in [-0.3, -0.25) is 0 Å². The van der Waals surface area contributed by atoms with E-state index in [0.717, 1.165) is 16.1 Å². The van der Waals surface area contributed by atoms with E-state index in [0.29, 0.717) is 23.2 Å². The van der Waals surface area contributed by atoms with E-state index in [1.165, 1.54) is 24.8 Å². The van der Waals surface area contributed by atoms with Gasteiger partial charge in [0.05, 0.1) is 0 Å². The number of rotatable bonds is 2. The van der Waals surface area contributed by atoms with Crippen molar-refractivity contribution >= 4 is 35.6 Å². The van der Waals surface area contributed by atoms with Crippen LogP contribution >= 0.6 is 35.6 Å². The Labute approximate surface area is 146 Å². The first-order valence-electron chi connectivity index (χ1n) is 7.38. The van der Waals surface area contributed by atoms with Gasteiger partial charge in [-0.15, -0.1) is 12.4 Å². The van der Waals surface area contributed by atoms with E-state index in [4.69, 9.17) is 23.2 Å². The van der Waals surface area contributed by atoms with Crippen molar-refractivity contribution in [3.63, 3.8) is 0 Å². The fourth-order valence-corrected chi connectivity index (χ4v) is 4.03. The number of hydrogen-bond acceptors (Lipinski definition) is 2. The van der Waals surface area contributed by atoms with Crippen molar-refractivity contribution in [3.05, 3.63) is 52.3 Å². The molecule has 0 unspecified atom stereocenters. The average Bonchev–Trinajstić information content (AvgIpc) is 3.12. The number of hydrogen-bond donors (Lipinski definition) is 1. The minimum atomic E-state index is 0. The van der Waals surface area contributed by atoms with Crippen molar-refractivity contribution in [2.75, 3.05) is 0 Å². The molecule has 3 heterocycles. The van der Waals surface area contributed by atoms with Crippen LogP contribution in [0.2, 0.25) is 10.2 Å². The van der Waals surface area contributed by atoms with E-state index in [-0.39, 0.29) is 12.4 Å². The maximum absolute atomic E-state index is 6.30. The molecule has 0 aliphatic carbocycles. The van der Waals surface area contributed by atoms with Gasteiger partial charge in [-0.25, -0.2) is 4.98 Å². The third-order valence-electron chi connectivity index (χ3n) is 4.74. The molecule has 1 aromatic carbocycles. The van der Waals surface area contributed by atoms with Crippen molar-refractivity contribution in [3.8, 4) is 11.1 Å². The Morgan fingerprint density at radius 1 is 1.09 bits per heavy atom. The van der Waals surface area contributed by atoms with Crippen LogP contribution in [0, 0.1) is 0 Å². The zero-order chi connectivity index (χ0) is 14.4. The molecule has 2 saturated heterocycles. The Hall–Kier alpha value is -0.800. The zero-order valence-corrected chi connectivity index (χ0v) is 14.3. The molecule has 1 aromatic heterocycles. The molecule has 1 N–H and O–H groups in total. The fourth-order valence-electron chi connectivity index (χ4n) is 3.69. The van der Waals surface area contributed by atoms with Crippen LogP contribution in [0.25, 0.3) is 11.1 Å². The second-order valence-electron chi connectivity index (χ2n) is 6.00. The summed E-state index contributed by atoms with van der Waals surface area (Å²) in [5, 5.41) is 4.97. The van der Waals surface area contributed by atoms with Crippen LogP contribution in [-0.2, 0) is 0 Å². The molecule has 116 valence electrons. The molecule has 5 heteroatoms. The quantitative estimate of drug-likeness (QED) is 0.759. The van der Waals surface area contributed by atoms with E-state index in [2.05, 4.69) is 16.4 Å². The molecule has 2 bridgehead atoms. The molecule has 0 saturated carbocycles. The zero-order valence-electron chi connectivity index (χ0n) is 11.9. The number of nitrogens with zero attached hydrogens (tertiary/aromatic N) is 1. The van der Waals surface area contributed by atoms with E-state index >= 15 is 0 Å². The lowest BCUT2D eigenvalue weighted by atomic mass is 9.84. The van der Waals surface area contributed by atoms with Crippen LogP contribution in [0.5, 0.6) is 0 Å². The molecule has 2 fully saturated rings. The minimum absolute atomic E-state index is 0. The smallest absolute Gasteiger partial charge is 0.136 e. The Morgan fingerprint density at radius 2 is 1.86 bits per heavy atom. The summed E-state index contributed by atoms with van der Waals surface area (Å²) in [5.41, 5.74) is 3.35. The second-order valence-corrected chi connectivity index (χ2v) is 6.80. The summed E-state index contributed by atoms with van der Waals surface area (Å²) in [7, 11) is 0. The Kier molecular flexibility index (Phi) is 4.65. The number of aromatic nitrogens is 1. The first-order chi connectivity index (χ1) is 10.2. The Balaban J connectivity index is 0.00000144. The van der Waals surface area contributed by atoms with Crippen LogP contribution in [0.1, 0.15) is 30.7 Å². The fraction of sp³-hybridized carbons (Fsp3) is 0.353. The summed E-state index contributed by atoms with van der Waals surface area (Å²) in [6.07, 6.45) is 5.74. The van der Waals surface area contributed by atoms with Crippen LogP contribution in [0.4, 0.5) is 0 Å². The van der Waals surface area contributed by atoms with Gasteiger partial charge in [0, 0.05) is 34.8 Å². The van der Waals surface area contributed by atoms with Crippen molar-refractivity contribution in [1.29, 1.82) is 0 Å². The predicted molar refractivity (Wildman–Crippen MR) is 94.2 cm³/mol. The summed E-state index contributed by atoms with van der Waals surface area (Å²) < 4.78 is 0. The molecule has 2 aliphatic heterocycles. The van der Waals surface area contributed by atoms with E-state index in [1.54, 1.807) is 0 Å². The topological polar surface area (TPSA) is 24.9 Å². The number of benzene rings is 1. The van der Waals surface area contributed by atoms with Crippen LogP contribution in [-0.4, -0.2) is 17.1 Å². The van der Waals surface area contributed by atoms with Gasteiger partial charge in [0.15, 0.2) is 0 Å². The monoisotopic (exact) mass is 354 g/mol. The summed E-state index contributed by atoms with van der Waals surface area (Å²) in [4.78, 5) is 4.41. The van der Waals surface area contributed by atoms with Crippen molar-refractivity contribution in [2.45, 2.75) is 37.3 Å². The van der Waals surface area contributed by atoms with E-state index in [1.807, 2.05) is 30.5 Å². The maximum atomic E-state index is 6.30. The van der Waals surface area contributed by atoms with E-state index in [9.17, 15) is 0 Å². The molecular weight excluding hydrogens is 339 g/mol. The molecule has 2 aliphatic rings. The lowest BCUT2D eigenvalue weighted by Crippen LogP contribution is -2.21. The van der Waals surface area contributed by atoms with Gasteiger partial charge in [-0.1, -0.05) is 35.3 Å². The van der Waals surface area contributed by atoms with Gasteiger partial charge in [0.2, 0.25) is 0 Å². The van der Waals surface area contributed by atoms with Crippen LogP contribution in [0.3, 0.4) is 0 Å². The Morgan fingerprint density at radius 3 is 2.50 bits per heavy atom. The standard InChI is InChI=1S/C17H16Cl2N2.ClH/c18-12-3-1-10(2-4-12)15-7-11(9-20-17(15)19)14-8-13-5-6-16(14)21-13;/h1-4,7,9,13-14,16,21H,5-6,8H2;1H/t13-,14+,16+;/m0./s1. The van der Waals surface area contributed by atoms with Crippen molar-refractivity contribution in [2.24, 2.45) is 0 Å². The highest BCUT2D eigenvalue weighted by molar-refractivity contribution is 6.32. The van der Waals surface area contributed by atoms with Gasteiger partial charge in [-0.05, 0) is 48.6 Å². The molecule has 22 heavy (non-hydrogen) atoms. The van der Waals surface area contributed by atoms with Gasteiger partial charge >= 0.3 is 0 Å². The summed E-state index contributed by atoms with van der Waals surface area (Å²) in [5.74, 6) is 0.569. The lowest BCUT2D eigenvalue weighted by Gasteiger charge is -2.21. The minimum Gasteiger partial charge on any atom is -0.311 e. The number of nitrogens with one attached hydrogen (secondary N) is 1. The number of fused-ring (bicyclic) bond motifs is 2. The van der Waals surface area contributed by atoms with Crippen molar-refractivity contribution < 1.29 is 0 Å². The molecular formula is C17H17Cl3N2. The van der Waals surface area contributed by atoms with Crippen LogP contribution < -0.4 is 5.32 Å². The van der Waals surface area contributed by atoms with Gasteiger partial charge < -0.3 is 5.32 Å². The molecule has 0 amide bonds. The third-order valence-corrected chi connectivity index (χ3v) is 5.30. The summed E-state index contributed by atoms with van der Waals surface area (Å²) >= 11 is 12.3. The molecule has 4 rings (SSSR count). The molecule has 0 radical (unpaired) electrons.